The molecule has 80 valence electrons. The molecule has 0 aromatic rings. The number of nitrogens with zero attached hydrogens (tertiary/aromatic N) is 1. The highest BCUT2D eigenvalue weighted by Crippen LogP contribution is 2.21. The first-order valence-corrected chi connectivity index (χ1v) is 5.42. The van der Waals surface area contributed by atoms with Crippen LogP contribution in [-0.2, 0) is 4.79 Å². The van der Waals surface area contributed by atoms with Crippen LogP contribution in [0, 0.1) is 0 Å². The summed E-state index contributed by atoms with van der Waals surface area (Å²) in [5.74, 6) is 0.158. The summed E-state index contributed by atoms with van der Waals surface area (Å²) >= 11 is 0. The molecule has 2 fully saturated rings. The van der Waals surface area contributed by atoms with Crippen molar-refractivity contribution in [1.82, 2.24) is 10.2 Å². The minimum atomic E-state index is -0.0279. The Balaban J connectivity index is 1.65. The lowest BCUT2D eigenvalue weighted by molar-refractivity contribution is -0.124. The molecule has 1 aliphatic heterocycles. The molecule has 0 spiro atoms. The maximum atomic E-state index is 11.4. The predicted molar refractivity (Wildman–Crippen MR) is 54.8 cm³/mol. The van der Waals surface area contributed by atoms with Crippen LogP contribution in [-0.4, -0.2) is 42.0 Å². The molecule has 1 heterocycles. The topological polar surface area (TPSA) is 58.4 Å². The standard InChI is InChI=1S/C10H19N3O/c1-2-10(11)6-13(7-10)5-9(14)12-8-3-4-8/h8H,2-7,11H2,1H3,(H,12,14). The number of rotatable bonds is 4. The van der Waals surface area contributed by atoms with E-state index in [2.05, 4.69) is 17.1 Å². The molecule has 4 heteroatoms. The van der Waals surface area contributed by atoms with Crippen LogP contribution in [0.15, 0.2) is 0 Å². The number of likely N-dealkylation sites (tertiary alicyclic amines) is 1. The highest BCUT2D eigenvalue weighted by atomic mass is 16.2. The monoisotopic (exact) mass is 197 g/mol. The van der Waals surface area contributed by atoms with Crippen LogP contribution in [0.4, 0.5) is 0 Å². The fraction of sp³-hybridized carbons (Fsp3) is 0.900. The summed E-state index contributed by atoms with van der Waals surface area (Å²) in [6.45, 7) is 4.35. The maximum Gasteiger partial charge on any atom is 0.234 e. The first kappa shape index (κ1) is 9.93. The van der Waals surface area contributed by atoms with Crippen molar-refractivity contribution in [2.45, 2.75) is 37.8 Å². The zero-order valence-corrected chi connectivity index (χ0v) is 8.75. The largest absolute Gasteiger partial charge is 0.352 e. The van der Waals surface area contributed by atoms with E-state index >= 15 is 0 Å². The fourth-order valence-electron chi connectivity index (χ4n) is 1.88. The van der Waals surface area contributed by atoms with E-state index in [1.165, 1.54) is 0 Å². The Kier molecular flexibility index (Phi) is 2.49. The summed E-state index contributed by atoms with van der Waals surface area (Å²) in [7, 11) is 0. The normalized spacial score (nSPS) is 25.6. The molecule has 0 bridgehead atoms. The van der Waals surface area contributed by atoms with Gasteiger partial charge < -0.3 is 11.1 Å². The first-order chi connectivity index (χ1) is 6.61. The van der Waals surface area contributed by atoms with Gasteiger partial charge in [0.1, 0.15) is 0 Å². The van der Waals surface area contributed by atoms with Gasteiger partial charge in [-0.1, -0.05) is 6.92 Å². The number of carbonyl (C=O) groups is 1. The number of amides is 1. The maximum absolute atomic E-state index is 11.4. The van der Waals surface area contributed by atoms with Crippen molar-refractivity contribution < 1.29 is 4.79 Å². The molecule has 0 aromatic heterocycles. The lowest BCUT2D eigenvalue weighted by Gasteiger charge is -2.47. The van der Waals surface area contributed by atoms with E-state index in [4.69, 9.17) is 5.73 Å². The van der Waals surface area contributed by atoms with E-state index in [-0.39, 0.29) is 11.4 Å². The molecule has 0 atom stereocenters. The zero-order valence-electron chi connectivity index (χ0n) is 8.75. The van der Waals surface area contributed by atoms with E-state index in [9.17, 15) is 4.79 Å². The average Bonchev–Trinajstić information content (AvgIpc) is 2.85. The van der Waals surface area contributed by atoms with Crippen LogP contribution in [0.3, 0.4) is 0 Å². The number of nitrogens with two attached hydrogens (primary N) is 1. The Morgan fingerprint density at radius 2 is 2.21 bits per heavy atom. The highest BCUT2D eigenvalue weighted by molar-refractivity contribution is 5.78. The Bertz CT molecular complexity index is 232. The second kappa shape index (κ2) is 3.51. The summed E-state index contributed by atoms with van der Waals surface area (Å²) in [6.07, 6.45) is 3.30. The van der Waals surface area contributed by atoms with Crippen molar-refractivity contribution in [3.63, 3.8) is 0 Å². The summed E-state index contributed by atoms with van der Waals surface area (Å²) in [6, 6.07) is 0.470. The van der Waals surface area contributed by atoms with Crippen molar-refractivity contribution in [2.75, 3.05) is 19.6 Å². The number of nitrogens with one attached hydrogen (secondary N) is 1. The van der Waals surface area contributed by atoms with Gasteiger partial charge in [-0.25, -0.2) is 0 Å². The fourth-order valence-corrected chi connectivity index (χ4v) is 1.88. The zero-order chi connectivity index (χ0) is 10.2. The predicted octanol–water partition coefficient (Wildman–Crippen LogP) is -0.312. The van der Waals surface area contributed by atoms with E-state index in [1.54, 1.807) is 0 Å². The van der Waals surface area contributed by atoms with Crippen molar-refractivity contribution in [3.8, 4) is 0 Å². The Labute approximate surface area is 84.8 Å². The number of hydrogen-bond acceptors (Lipinski definition) is 3. The third-order valence-corrected chi connectivity index (χ3v) is 3.09. The number of hydrogen-bond donors (Lipinski definition) is 2. The van der Waals surface area contributed by atoms with Gasteiger partial charge in [-0.05, 0) is 19.3 Å². The molecular weight excluding hydrogens is 178 g/mol. The van der Waals surface area contributed by atoms with Crippen LogP contribution in [0.25, 0.3) is 0 Å². The van der Waals surface area contributed by atoms with Gasteiger partial charge >= 0.3 is 0 Å². The summed E-state index contributed by atoms with van der Waals surface area (Å²) in [5.41, 5.74) is 5.98. The molecule has 1 saturated carbocycles. The molecule has 2 aliphatic rings. The van der Waals surface area contributed by atoms with Gasteiger partial charge in [0, 0.05) is 24.7 Å². The Hall–Kier alpha value is -0.610. The van der Waals surface area contributed by atoms with E-state index in [0.29, 0.717) is 12.6 Å². The Morgan fingerprint density at radius 1 is 1.57 bits per heavy atom. The molecule has 1 amide bonds. The lowest BCUT2D eigenvalue weighted by Crippen LogP contribution is -2.68. The molecule has 0 unspecified atom stereocenters. The molecule has 1 saturated heterocycles. The van der Waals surface area contributed by atoms with Crippen LogP contribution in [0.2, 0.25) is 0 Å². The van der Waals surface area contributed by atoms with Gasteiger partial charge in [-0.3, -0.25) is 9.69 Å². The third-order valence-electron chi connectivity index (χ3n) is 3.09. The first-order valence-electron chi connectivity index (χ1n) is 5.42. The van der Waals surface area contributed by atoms with Gasteiger partial charge in [0.2, 0.25) is 5.91 Å². The highest BCUT2D eigenvalue weighted by Gasteiger charge is 2.38. The van der Waals surface area contributed by atoms with Crippen LogP contribution in [0.5, 0.6) is 0 Å². The van der Waals surface area contributed by atoms with Crippen molar-refractivity contribution >= 4 is 5.91 Å². The van der Waals surface area contributed by atoms with Gasteiger partial charge in [0.15, 0.2) is 0 Å². The molecule has 14 heavy (non-hydrogen) atoms. The smallest absolute Gasteiger partial charge is 0.234 e. The molecule has 0 radical (unpaired) electrons. The Morgan fingerprint density at radius 3 is 2.71 bits per heavy atom. The van der Waals surface area contributed by atoms with Crippen LogP contribution in [0.1, 0.15) is 26.2 Å². The molecule has 3 N–H and O–H groups in total. The summed E-state index contributed by atoms with van der Waals surface area (Å²) < 4.78 is 0. The molecule has 0 aromatic carbocycles. The molecule has 1 aliphatic carbocycles. The SMILES string of the molecule is CCC1(N)CN(CC(=O)NC2CC2)C1. The second-order valence-corrected chi connectivity index (χ2v) is 4.70. The second-order valence-electron chi connectivity index (χ2n) is 4.70. The molecule has 4 nitrogen and oxygen atoms in total. The number of carbonyl (C=O) groups excluding carboxylic acids is 1. The lowest BCUT2D eigenvalue weighted by atomic mass is 9.88. The van der Waals surface area contributed by atoms with Crippen LogP contribution >= 0.6 is 0 Å². The van der Waals surface area contributed by atoms with Crippen LogP contribution < -0.4 is 11.1 Å². The van der Waals surface area contributed by atoms with E-state index < -0.39 is 0 Å². The third kappa shape index (κ3) is 2.25. The summed E-state index contributed by atoms with van der Waals surface area (Å²) in [5, 5.41) is 2.98. The van der Waals surface area contributed by atoms with Crippen molar-refractivity contribution in [3.05, 3.63) is 0 Å². The van der Waals surface area contributed by atoms with Gasteiger partial charge in [-0.15, -0.1) is 0 Å². The van der Waals surface area contributed by atoms with Gasteiger partial charge in [0.25, 0.3) is 0 Å². The van der Waals surface area contributed by atoms with Crippen molar-refractivity contribution in [2.24, 2.45) is 5.73 Å². The van der Waals surface area contributed by atoms with Crippen molar-refractivity contribution in [1.29, 1.82) is 0 Å². The quantitative estimate of drug-likeness (QED) is 0.650. The average molecular weight is 197 g/mol. The molecular formula is C10H19N3O. The molecule has 2 rings (SSSR count). The minimum Gasteiger partial charge on any atom is -0.352 e. The van der Waals surface area contributed by atoms with E-state index in [1.807, 2.05) is 0 Å². The van der Waals surface area contributed by atoms with Gasteiger partial charge in [-0.2, -0.15) is 0 Å². The summed E-state index contributed by atoms with van der Waals surface area (Å²) in [4.78, 5) is 13.5. The minimum absolute atomic E-state index is 0.0279. The van der Waals surface area contributed by atoms with Gasteiger partial charge in [0.05, 0.1) is 6.54 Å². The van der Waals surface area contributed by atoms with E-state index in [0.717, 1.165) is 32.4 Å².